The number of rotatable bonds is 2. The Balaban J connectivity index is 1.54. The molecule has 1 saturated heterocycles. The highest BCUT2D eigenvalue weighted by molar-refractivity contribution is 6.07. The van der Waals surface area contributed by atoms with Gasteiger partial charge in [0.05, 0.1) is 29.3 Å². The summed E-state index contributed by atoms with van der Waals surface area (Å²) in [5.74, 6) is 1.70. The first-order chi connectivity index (χ1) is 13.1. The van der Waals surface area contributed by atoms with Crippen LogP contribution in [0.1, 0.15) is 17.7 Å². The number of carbonyl (C=O) groups excluding carboxylic acids is 1. The highest BCUT2D eigenvalue weighted by atomic mass is 16.5. The molecule has 136 valence electrons. The first-order valence-corrected chi connectivity index (χ1v) is 9.09. The summed E-state index contributed by atoms with van der Waals surface area (Å²) in [7, 11) is 1.64. The number of hydrogen-bond donors (Lipinski definition) is 1. The quantitative estimate of drug-likeness (QED) is 0.761. The SMILES string of the molecule is COc1ccc2nc(N3CCC4(C3)C(=O)Nc3ccccc34)c(C)nc2c1. The molecule has 1 spiro atoms. The third kappa shape index (κ3) is 2.29. The molecule has 1 fully saturated rings. The van der Waals surface area contributed by atoms with Crippen molar-refractivity contribution in [1.29, 1.82) is 0 Å². The molecule has 0 saturated carbocycles. The van der Waals surface area contributed by atoms with Crippen molar-refractivity contribution in [3.05, 3.63) is 53.7 Å². The molecule has 3 aromatic rings. The van der Waals surface area contributed by atoms with Crippen LogP contribution in [0.15, 0.2) is 42.5 Å². The molecular formula is C21H20N4O2. The molecule has 5 rings (SSSR count). The number of methoxy groups -OCH3 is 1. The van der Waals surface area contributed by atoms with E-state index in [0.717, 1.165) is 52.5 Å². The lowest BCUT2D eigenvalue weighted by molar-refractivity contribution is -0.120. The minimum Gasteiger partial charge on any atom is -0.497 e. The maximum absolute atomic E-state index is 12.8. The molecule has 27 heavy (non-hydrogen) atoms. The van der Waals surface area contributed by atoms with Gasteiger partial charge < -0.3 is 15.0 Å². The molecule has 2 aromatic carbocycles. The molecule has 2 aliphatic rings. The van der Waals surface area contributed by atoms with E-state index < -0.39 is 5.41 Å². The second kappa shape index (κ2) is 5.67. The van der Waals surface area contributed by atoms with Crippen LogP contribution >= 0.6 is 0 Å². The van der Waals surface area contributed by atoms with Gasteiger partial charge in [0.1, 0.15) is 5.75 Å². The molecule has 1 aromatic heterocycles. The van der Waals surface area contributed by atoms with Gasteiger partial charge in [-0.05, 0) is 37.1 Å². The molecule has 0 bridgehead atoms. The van der Waals surface area contributed by atoms with Crippen LogP contribution in [0.3, 0.4) is 0 Å². The minimum absolute atomic E-state index is 0.0855. The zero-order valence-corrected chi connectivity index (χ0v) is 15.3. The fraction of sp³-hybridized carbons (Fsp3) is 0.286. The molecule has 6 heteroatoms. The van der Waals surface area contributed by atoms with Gasteiger partial charge >= 0.3 is 0 Å². The highest BCUT2D eigenvalue weighted by Crippen LogP contribution is 2.45. The van der Waals surface area contributed by atoms with E-state index in [9.17, 15) is 4.79 Å². The number of fused-ring (bicyclic) bond motifs is 3. The predicted molar refractivity (Wildman–Crippen MR) is 104 cm³/mol. The summed E-state index contributed by atoms with van der Waals surface area (Å²) in [6, 6.07) is 13.7. The van der Waals surface area contributed by atoms with Gasteiger partial charge in [0.25, 0.3) is 0 Å². The lowest BCUT2D eigenvalue weighted by Gasteiger charge is -2.24. The van der Waals surface area contributed by atoms with E-state index in [1.807, 2.05) is 43.3 Å². The van der Waals surface area contributed by atoms with Crippen molar-refractivity contribution in [1.82, 2.24) is 9.97 Å². The Labute approximate surface area is 157 Å². The topological polar surface area (TPSA) is 67.3 Å². The van der Waals surface area contributed by atoms with Crippen molar-refractivity contribution in [3.8, 4) is 5.75 Å². The molecule has 6 nitrogen and oxygen atoms in total. The average molecular weight is 360 g/mol. The Hall–Kier alpha value is -3.15. The third-order valence-corrected chi connectivity index (χ3v) is 5.71. The van der Waals surface area contributed by atoms with Gasteiger partial charge in [-0.2, -0.15) is 0 Å². The van der Waals surface area contributed by atoms with Gasteiger partial charge in [0.2, 0.25) is 5.91 Å². The second-order valence-corrected chi connectivity index (χ2v) is 7.24. The second-order valence-electron chi connectivity index (χ2n) is 7.24. The average Bonchev–Trinajstić information content (AvgIpc) is 3.24. The van der Waals surface area contributed by atoms with Crippen LogP contribution in [0.5, 0.6) is 5.75 Å². The Morgan fingerprint density at radius 1 is 1.15 bits per heavy atom. The number of ether oxygens (including phenoxy) is 1. The first-order valence-electron chi connectivity index (χ1n) is 9.09. The van der Waals surface area contributed by atoms with Crippen LogP contribution < -0.4 is 15.0 Å². The third-order valence-electron chi connectivity index (χ3n) is 5.71. The van der Waals surface area contributed by atoms with Gasteiger partial charge in [-0.25, -0.2) is 9.97 Å². The lowest BCUT2D eigenvalue weighted by atomic mass is 9.81. The smallest absolute Gasteiger partial charge is 0.236 e. The molecule has 1 N–H and O–H groups in total. The van der Waals surface area contributed by atoms with Crippen LogP contribution in [0.2, 0.25) is 0 Å². The predicted octanol–water partition coefficient (Wildman–Crippen LogP) is 3.05. The van der Waals surface area contributed by atoms with E-state index in [0.29, 0.717) is 6.54 Å². The zero-order chi connectivity index (χ0) is 18.6. The van der Waals surface area contributed by atoms with Crippen molar-refractivity contribution >= 4 is 28.4 Å². The van der Waals surface area contributed by atoms with E-state index in [1.165, 1.54) is 0 Å². The van der Waals surface area contributed by atoms with E-state index in [4.69, 9.17) is 14.7 Å². The number of benzene rings is 2. The highest BCUT2D eigenvalue weighted by Gasteiger charge is 2.51. The Bertz CT molecular complexity index is 1080. The summed E-state index contributed by atoms with van der Waals surface area (Å²) in [4.78, 5) is 24.6. The standard InChI is InChI=1S/C21H20N4O2/c1-13-19(23-17-8-7-14(27-2)11-18(17)22-13)25-10-9-21(12-25)15-5-3-4-6-16(15)24-20(21)26/h3-8,11H,9-10,12H2,1-2H3,(H,24,26). The molecule has 3 heterocycles. The summed E-state index contributed by atoms with van der Waals surface area (Å²) in [5, 5.41) is 3.04. The maximum Gasteiger partial charge on any atom is 0.236 e. The van der Waals surface area contributed by atoms with E-state index in [-0.39, 0.29) is 5.91 Å². The summed E-state index contributed by atoms with van der Waals surface area (Å²) in [6.45, 7) is 3.36. The number of aryl methyl sites for hydroxylation is 1. The number of hydrogen-bond acceptors (Lipinski definition) is 5. The van der Waals surface area contributed by atoms with Gasteiger partial charge in [-0.1, -0.05) is 18.2 Å². The molecular weight excluding hydrogens is 340 g/mol. The number of para-hydroxylation sites is 1. The molecule has 0 aliphatic carbocycles. The fourth-order valence-electron chi connectivity index (χ4n) is 4.31. The van der Waals surface area contributed by atoms with Gasteiger partial charge in [-0.15, -0.1) is 0 Å². The van der Waals surface area contributed by atoms with E-state index >= 15 is 0 Å². The van der Waals surface area contributed by atoms with Crippen LogP contribution in [0.25, 0.3) is 11.0 Å². The summed E-state index contributed by atoms with van der Waals surface area (Å²) >= 11 is 0. The molecule has 1 unspecified atom stereocenters. The van der Waals surface area contributed by atoms with E-state index in [1.54, 1.807) is 7.11 Å². The van der Waals surface area contributed by atoms with Crippen LogP contribution in [0, 0.1) is 6.92 Å². The lowest BCUT2D eigenvalue weighted by Crippen LogP contribution is -2.38. The summed E-state index contributed by atoms with van der Waals surface area (Å²) < 4.78 is 5.28. The maximum atomic E-state index is 12.8. The van der Waals surface area contributed by atoms with Gasteiger partial charge in [-0.3, -0.25) is 4.79 Å². The Morgan fingerprint density at radius 3 is 2.85 bits per heavy atom. The molecule has 1 amide bonds. The number of nitrogens with one attached hydrogen (secondary N) is 1. The molecule has 0 radical (unpaired) electrons. The number of amides is 1. The Kier molecular flexibility index (Phi) is 3.37. The fourth-order valence-corrected chi connectivity index (χ4v) is 4.31. The van der Waals surface area contributed by atoms with Crippen molar-refractivity contribution < 1.29 is 9.53 Å². The normalized spacial score (nSPS) is 21.0. The van der Waals surface area contributed by atoms with Gasteiger partial charge in [0.15, 0.2) is 5.82 Å². The summed E-state index contributed by atoms with van der Waals surface area (Å²) in [5.41, 5.74) is 4.02. The van der Waals surface area contributed by atoms with Crippen molar-refractivity contribution in [2.45, 2.75) is 18.8 Å². The number of aromatic nitrogens is 2. The zero-order valence-electron chi connectivity index (χ0n) is 15.3. The Morgan fingerprint density at radius 2 is 2.00 bits per heavy atom. The monoisotopic (exact) mass is 360 g/mol. The van der Waals surface area contributed by atoms with Crippen molar-refractivity contribution in [3.63, 3.8) is 0 Å². The summed E-state index contributed by atoms with van der Waals surface area (Å²) in [6.07, 6.45) is 0.775. The van der Waals surface area contributed by atoms with Crippen LogP contribution in [-0.4, -0.2) is 36.1 Å². The van der Waals surface area contributed by atoms with Gasteiger partial charge in [0, 0.05) is 24.8 Å². The number of anilines is 2. The largest absolute Gasteiger partial charge is 0.497 e. The minimum atomic E-state index is -0.500. The number of carbonyl (C=O) groups is 1. The first kappa shape index (κ1) is 16.1. The van der Waals surface area contributed by atoms with Crippen molar-refractivity contribution in [2.24, 2.45) is 0 Å². The molecule has 2 aliphatic heterocycles. The van der Waals surface area contributed by atoms with Crippen LogP contribution in [0.4, 0.5) is 11.5 Å². The van der Waals surface area contributed by atoms with E-state index in [2.05, 4.69) is 16.3 Å². The van der Waals surface area contributed by atoms with Crippen LogP contribution in [-0.2, 0) is 10.2 Å². The van der Waals surface area contributed by atoms with Crippen molar-refractivity contribution in [2.75, 3.05) is 30.4 Å². The number of nitrogens with zero attached hydrogens (tertiary/aromatic N) is 3. The molecule has 1 atom stereocenters.